The van der Waals surface area contributed by atoms with E-state index in [1.807, 2.05) is 0 Å². The summed E-state index contributed by atoms with van der Waals surface area (Å²) in [6.45, 7) is 3.57. The highest BCUT2D eigenvalue weighted by Gasteiger charge is 2.31. The van der Waals surface area contributed by atoms with Gasteiger partial charge in [-0.3, -0.25) is 24.0 Å². The van der Waals surface area contributed by atoms with Gasteiger partial charge in [-0.15, -0.1) is 0 Å². The maximum absolute atomic E-state index is 13.2. The Bertz CT molecular complexity index is 1030. The van der Waals surface area contributed by atoms with Gasteiger partial charge >= 0.3 is 11.9 Å². The average molecular weight is 552 g/mol. The molecule has 216 valence electrons. The number of benzene rings is 1. The quantitative estimate of drug-likeness (QED) is 0.117. The highest BCUT2D eigenvalue weighted by Crippen LogP contribution is 2.13. The molecule has 0 heterocycles. The van der Waals surface area contributed by atoms with Crippen molar-refractivity contribution in [2.75, 3.05) is 0 Å². The lowest BCUT2D eigenvalue weighted by Gasteiger charge is -2.25. The van der Waals surface area contributed by atoms with E-state index in [9.17, 15) is 39.0 Å². The summed E-state index contributed by atoms with van der Waals surface area (Å²) in [5.41, 5.74) is 11.4. The number of carboxylic acid groups (broad SMARTS) is 2. The van der Waals surface area contributed by atoms with Crippen molar-refractivity contribution < 1.29 is 44.1 Å². The minimum atomic E-state index is -1.36. The summed E-state index contributed by atoms with van der Waals surface area (Å²) in [6, 6.07) is 0.629. The number of amides is 4. The van der Waals surface area contributed by atoms with Crippen LogP contribution in [-0.4, -0.2) is 75.1 Å². The van der Waals surface area contributed by atoms with Crippen molar-refractivity contribution in [2.24, 2.45) is 17.4 Å². The van der Waals surface area contributed by atoms with E-state index in [2.05, 4.69) is 16.0 Å². The summed E-state index contributed by atoms with van der Waals surface area (Å²) in [4.78, 5) is 72.6. The molecule has 0 aliphatic rings. The van der Waals surface area contributed by atoms with E-state index in [1.165, 1.54) is 24.3 Å². The van der Waals surface area contributed by atoms with E-state index in [0.29, 0.717) is 5.56 Å². The molecule has 39 heavy (non-hydrogen) atoms. The van der Waals surface area contributed by atoms with Crippen LogP contribution in [0, 0.1) is 5.92 Å². The molecule has 0 aliphatic carbocycles. The fraction of sp³-hybridized carbons (Fsp3) is 0.520. The third-order valence-corrected chi connectivity index (χ3v) is 5.65. The molecule has 0 spiro atoms. The number of carbonyl (C=O) groups excluding carboxylic acids is 4. The summed E-state index contributed by atoms with van der Waals surface area (Å²) < 4.78 is 0. The number of hydrogen-bond acceptors (Lipinski definition) is 8. The van der Waals surface area contributed by atoms with Crippen LogP contribution in [0.25, 0.3) is 0 Å². The molecular weight excluding hydrogens is 514 g/mol. The largest absolute Gasteiger partial charge is 0.508 e. The molecule has 1 aromatic rings. The second-order valence-electron chi connectivity index (χ2n) is 9.57. The summed E-state index contributed by atoms with van der Waals surface area (Å²) in [6.07, 6.45) is -1.09. The molecule has 0 aliphatic heterocycles. The molecule has 14 heteroatoms. The molecule has 10 N–H and O–H groups in total. The van der Waals surface area contributed by atoms with Crippen molar-refractivity contribution in [3.05, 3.63) is 29.8 Å². The van der Waals surface area contributed by atoms with Crippen molar-refractivity contribution in [2.45, 2.75) is 76.5 Å². The lowest BCUT2D eigenvalue weighted by Crippen LogP contribution is -2.57. The Morgan fingerprint density at radius 2 is 1.33 bits per heavy atom. The number of phenolic OH excluding ortho intramolecular Hbond substituents is 1. The van der Waals surface area contributed by atoms with Gasteiger partial charge in [0, 0.05) is 19.3 Å². The number of primary amides is 1. The lowest BCUT2D eigenvalue weighted by atomic mass is 10.0. The SMILES string of the molecule is CC(C)CC(NC(=O)C(Cc1ccc(O)cc1)NC(=O)C(CCC(N)=O)NC(=O)C(N)CCC(=O)O)C(=O)O. The Labute approximate surface area is 225 Å². The Morgan fingerprint density at radius 3 is 1.85 bits per heavy atom. The first-order chi connectivity index (χ1) is 18.2. The number of nitrogens with one attached hydrogen (secondary N) is 3. The Kier molecular flexibility index (Phi) is 13.4. The van der Waals surface area contributed by atoms with Crippen molar-refractivity contribution in [3.63, 3.8) is 0 Å². The first-order valence-corrected chi connectivity index (χ1v) is 12.4. The maximum atomic E-state index is 13.2. The van der Waals surface area contributed by atoms with Gasteiger partial charge in [0.1, 0.15) is 23.9 Å². The van der Waals surface area contributed by atoms with Gasteiger partial charge in [-0.05, 0) is 42.9 Å². The molecule has 0 fully saturated rings. The number of aliphatic carboxylic acids is 2. The van der Waals surface area contributed by atoms with E-state index < -0.39 is 59.7 Å². The number of carboxylic acids is 2. The first kappa shape index (κ1) is 32.8. The molecule has 14 nitrogen and oxygen atoms in total. The van der Waals surface area contributed by atoms with Crippen LogP contribution in [0.4, 0.5) is 0 Å². The Morgan fingerprint density at radius 1 is 0.795 bits per heavy atom. The molecule has 4 atom stereocenters. The Balaban J connectivity index is 3.17. The second-order valence-corrected chi connectivity index (χ2v) is 9.57. The van der Waals surface area contributed by atoms with Crippen LogP contribution in [0.1, 0.15) is 51.5 Å². The number of carbonyl (C=O) groups is 6. The zero-order chi connectivity index (χ0) is 29.7. The highest BCUT2D eigenvalue weighted by molar-refractivity contribution is 5.94. The molecule has 0 saturated carbocycles. The van der Waals surface area contributed by atoms with Crippen molar-refractivity contribution in [1.29, 1.82) is 0 Å². The van der Waals surface area contributed by atoms with Crippen molar-refractivity contribution >= 4 is 35.6 Å². The van der Waals surface area contributed by atoms with Crippen LogP contribution in [0.15, 0.2) is 24.3 Å². The molecule has 0 aromatic heterocycles. The van der Waals surface area contributed by atoms with E-state index in [4.69, 9.17) is 16.6 Å². The standard InChI is InChI=1S/C25H37N5O9/c1-13(2)11-19(25(38)39)30-24(37)18(12-14-3-5-15(31)6-4-14)29-23(36)17(8-9-20(27)32)28-22(35)16(26)7-10-21(33)34/h3-6,13,16-19,31H,7-12,26H2,1-2H3,(H2,27,32)(H,28,35)(H,29,36)(H,30,37)(H,33,34)(H,38,39). The number of hydrogen-bond donors (Lipinski definition) is 8. The molecule has 1 aromatic carbocycles. The van der Waals surface area contributed by atoms with Gasteiger partial charge in [0.25, 0.3) is 0 Å². The molecule has 0 radical (unpaired) electrons. The van der Waals surface area contributed by atoms with Gasteiger partial charge in [0.15, 0.2) is 0 Å². The van der Waals surface area contributed by atoms with E-state index in [-0.39, 0.29) is 50.2 Å². The number of aromatic hydroxyl groups is 1. The first-order valence-electron chi connectivity index (χ1n) is 12.4. The summed E-state index contributed by atoms with van der Waals surface area (Å²) in [7, 11) is 0. The van der Waals surface area contributed by atoms with Crippen molar-refractivity contribution in [3.8, 4) is 5.75 Å². The number of nitrogens with two attached hydrogens (primary N) is 2. The van der Waals surface area contributed by atoms with Crippen molar-refractivity contribution in [1.82, 2.24) is 16.0 Å². The van der Waals surface area contributed by atoms with Gasteiger partial charge in [0.2, 0.25) is 23.6 Å². The van der Waals surface area contributed by atoms with E-state index in [1.54, 1.807) is 13.8 Å². The third-order valence-electron chi connectivity index (χ3n) is 5.65. The molecule has 4 unspecified atom stereocenters. The monoisotopic (exact) mass is 551 g/mol. The molecule has 0 saturated heterocycles. The summed E-state index contributed by atoms with van der Waals surface area (Å²) >= 11 is 0. The highest BCUT2D eigenvalue weighted by atomic mass is 16.4. The van der Waals surface area contributed by atoms with Crippen LogP contribution < -0.4 is 27.4 Å². The van der Waals surface area contributed by atoms with Gasteiger partial charge in [-0.25, -0.2) is 4.79 Å². The van der Waals surface area contributed by atoms with Crippen LogP contribution in [0.3, 0.4) is 0 Å². The summed E-state index contributed by atoms with van der Waals surface area (Å²) in [5, 5.41) is 35.1. The minimum Gasteiger partial charge on any atom is -0.508 e. The molecule has 1 rings (SSSR count). The van der Waals surface area contributed by atoms with Gasteiger partial charge in [-0.2, -0.15) is 0 Å². The van der Waals surface area contributed by atoms with Gasteiger partial charge < -0.3 is 42.7 Å². The lowest BCUT2D eigenvalue weighted by molar-refractivity contribution is -0.143. The predicted molar refractivity (Wildman–Crippen MR) is 138 cm³/mol. The Hall–Kier alpha value is -4.20. The van der Waals surface area contributed by atoms with Crippen LogP contribution in [-0.2, 0) is 35.2 Å². The number of rotatable bonds is 17. The van der Waals surface area contributed by atoms with Crippen LogP contribution in [0.5, 0.6) is 5.75 Å². The topological polar surface area (TPSA) is 251 Å². The molecule has 4 amide bonds. The molecular formula is C25H37N5O9. The van der Waals surface area contributed by atoms with Gasteiger partial charge in [-0.1, -0.05) is 26.0 Å². The normalized spacial score (nSPS) is 13.9. The van der Waals surface area contributed by atoms with E-state index >= 15 is 0 Å². The van der Waals surface area contributed by atoms with Crippen LogP contribution >= 0.6 is 0 Å². The third kappa shape index (κ3) is 12.7. The zero-order valence-electron chi connectivity index (χ0n) is 21.9. The maximum Gasteiger partial charge on any atom is 0.326 e. The van der Waals surface area contributed by atoms with Crippen LogP contribution in [0.2, 0.25) is 0 Å². The van der Waals surface area contributed by atoms with Gasteiger partial charge in [0.05, 0.1) is 6.04 Å². The predicted octanol–water partition coefficient (Wildman–Crippen LogP) is -1.02. The molecule has 0 bridgehead atoms. The second kappa shape index (κ2) is 15.9. The smallest absolute Gasteiger partial charge is 0.326 e. The fourth-order valence-electron chi connectivity index (χ4n) is 3.56. The summed E-state index contributed by atoms with van der Waals surface area (Å²) in [5.74, 6) is -5.78. The number of phenols is 1. The minimum absolute atomic E-state index is 0.0277. The zero-order valence-corrected chi connectivity index (χ0v) is 21.9. The van der Waals surface area contributed by atoms with E-state index in [0.717, 1.165) is 0 Å². The fourth-order valence-corrected chi connectivity index (χ4v) is 3.56. The average Bonchev–Trinajstić information content (AvgIpc) is 2.84.